The molecule has 7 heteroatoms. The molecule has 0 aliphatic carbocycles. The molecule has 2 heterocycles. The third kappa shape index (κ3) is 5.25. The van der Waals surface area contributed by atoms with Crippen LogP contribution in [0.25, 0.3) is 0 Å². The summed E-state index contributed by atoms with van der Waals surface area (Å²) in [6.45, 7) is 6.14. The van der Waals surface area contributed by atoms with E-state index in [-0.39, 0.29) is 23.5 Å². The molecule has 0 bridgehead atoms. The zero-order valence-electron chi connectivity index (χ0n) is 18.5. The van der Waals surface area contributed by atoms with E-state index in [1.165, 1.54) is 0 Å². The van der Waals surface area contributed by atoms with Crippen molar-refractivity contribution < 1.29 is 23.8 Å². The van der Waals surface area contributed by atoms with Crippen molar-refractivity contribution in [2.24, 2.45) is 5.92 Å². The number of rotatable bonds is 7. The van der Waals surface area contributed by atoms with Crippen molar-refractivity contribution >= 4 is 11.8 Å². The summed E-state index contributed by atoms with van der Waals surface area (Å²) in [6, 6.07) is 5.12. The summed E-state index contributed by atoms with van der Waals surface area (Å²) >= 11 is 0. The van der Waals surface area contributed by atoms with Crippen LogP contribution in [0.2, 0.25) is 0 Å². The lowest BCUT2D eigenvalue weighted by Gasteiger charge is -2.39. The number of piperidine rings is 1. The monoisotopic (exact) mass is 418 g/mol. The second-order valence-electron chi connectivity index (χ2n) is 8.72. The maximum Gasteiger partial charge on any atom is 0.251 e. The molecule has 0 unspecified atom stereocenters. The normalized spacial score (nSPS) is 20.4. The maximum absolute atomic E-state index is 12.5. The molecule has 2 saturated heterocycles. The van der Waals surface area contributed by atoms with Crippen LogP contribution >= 0.6 is 0 Å². The highest BCUT2D eigenvalue weighted by molar-refractivity contribution is 5.94. The summed E-state index contributed by atoms with van der Waals surface area (Å²) in [5.74, 6) is 1.59. The number of carbonyl (C=O) groups is 2. The van der Waals surface area contributed by atoms with E-state index >= 15 is 0 Å². The zero-order chi connectivity index (χ0) is 21.7. The fourth-order valence-electron chi connectivity index (χ4n) is 4.34. The van der Waals surface area contributed by atoms with Crippen LogP contribution in [0.3, 0.4) is 0 Å². The summed E-state index contributed by atoms with van der Waals surface area (Å²) in [5.41, 5.74) is 0.380. The number of benzene rings is 1. The van der Waals surface area contributed by atoms with E-state index in [0.717, 1.165) is 38.8 Å². The molecule has 1 atom stereocenters. The van der Waals surface area contributed by atoms with Crippen LogP contribution < -0.4 is 14.8 Å². The molecule has 3 rings (SSSR count). The van der Waals surface area contributed by atoms with Gasteiger partial charge in [-0.25, -0.2) is 0 Å². The fourth-order valence-corrected chi connectivity index (χ4v) is 4.34. The number of ether oxygens (including phenoxy) is 3. The minimum atomic E-state index is -0.158. The van der Waals surface area contributed by atoms with E-state index in [9.17, 15) is 9.59 Å². The second-order valence-corrected chi connectivity index (χ2v) is 8.72. The van der Waals surface area contributed by atoms with Crippen molar-refractivity contribution in [1.29, 1.82) is 0 Å². The van der Waals surface area contributed by atoms with Gasteiger partial charge in [-0.1, -0.05) is 13.8 Å². The Hall–Kier alpha value is -2.28. The Labute approximate surface area is 179 Å². The Morgan fingerprint density at radius 1 is 1.17 bits per heavy atom. The lowest BCUT2D eigenvalue weighted by Crippen LogP contribution is -2.47. The number of nitrogens with zero attached hydrogens (tertiary/aromatic N) is 1. The smallest absolute Gasteiger partial charge is 0.251 e. The lowest BCUT2D eigenvalue weighted by atomic mass is 9.88. The van der Waals surface area contributed by atoms with Crippen molar-refractivity contribution in [3.05, 3.63) is 23.8 Å². The lowest BCUT2D eigenvalue weighted by molar-refractivity contribution is -0.138. The first-order chi connectivity index (χ1) is 14.4. The van der Waals surface area contributed by atoms with Crippen molar-refractivity contribution in [2.45, 2.75) is 57.7 Å². The Bertz CT molecular complexity index is 756. The molecule has 1 aromatic rings. The minimum absolute atomic E-state index is 0.00649. The Morgan fingerprint density at radius 3 is 2.50 bits per heavy atom. The van der Waals surface area contributed by atoms with Crippen molar-refractivity contribution in [2.75, 3.05) is 33.9 Å². The van der Waals surface area contributed by atoms with Crippen LogP contribution in [0.4, 0.5) is 0 Å². The first kappa shape index (κ1) is 22.4. The van der Waals surface area contributed by atoms with E-state index in [0.29, 0.717) is 35.9 Å². The van der Waals surface area contributed by atoms with E-state index in [2.05, 4.69) is 19.2 Å². The Kier molecular flexibility index (Phi) is 7.23. The largest absolute Gasteiger partial charge is 0.493 e. The van der Waals surface area contributed by atoms with Gasteiger partial charge in [-0.05, 0) is 49.8 Å². The second kappa shape index (κ2) is 9.69. The van der Waals surface area contributed by atoms with E-state index in [4.69, 9.17) is 14.2 Å². The first-order valence-electron chi connectivity index (χ1n) is 10.8. The van der Waals surface area contributed by atoms with Gasteiger partial charge in [-0.15, -0.1) is 0 Å². The highest BCUT2D eigenvalue weighted by Crippen LogP contribution is 2.39. The predicted molar refractivity (Wildman–Crippen MR) is 114 cm³/mol. The van der Waals surface area contributed by atoms with Gasteiger partial charge in [-0.2, -0.15) is 0 Å². The molecule has 1 spiro atoms. The number of carbonyl (C=O) groups excluding carboxylic acids is 2. The predicted octanol–water partition coefficient (Wildman–Crippen LogP) is 3.02. The highest BCUT2D eigenvalue weighted by Gasteiger charge is 2.43. The van der Waals surface area contributed by atoms with Crippen LogP contribution in [-0.2, 0) is 9.53 Å². The third-order valence-electron chi connectivity index (χ3n) is 6.08. The van der Waals surface area contributed by atoms with Crippen LogP contribution in [0.5, 0.6) is 11.5 Å². The number of methoxy groups -OCH3 is 2. The SMILES string of the molecule is COc1ccc(C(=O)NC[C@H]2CCC3(CCN(C(=O)CC(C)C)CC3)O2)cc1OC. The summed E-state index contributed by atoms with van der Waals surface area (Å²) in [5, 5.41) is 2.98. The molecule has 7 nitrogen and oxygen atoms in total. The topological polar surface area (TPSA) is 77.1 Å². The average molecular weight is 419 g/mol. The van der Waals surface area contributed by atoms with Gasteiger partial charge in [-0.3, -0.25) is 9.59 Å². The molecule has 0 saturated carbocycles. The van der Waals surface area contributed by atoms with Gasteiger partial charge in [0.25, 0.3) is 5.91 Å². The number of nitrogens with one attached hydrogen (secondary N) is 1. The Morgan fingerprint density at radius 2 is 1.87 bits per heavy atom. The van der Waals surface area contributed by atoms with Gasteiger partial charge < -0.3 is 24.4 Å². The van der Waals surface area contributed by atoms with E-state index < -0.39 is 0 Å². The molecule has 1 N–H and O–H groups in total. The Balaban J connectivity index is 1.48. The molecule has 30 heavy (non-hydrogen) atoms. The van der Waals surface area contributed by atoms with Gasteiger partial charge in [0, 0.05) is 31.6 Å². The number of likely N-dealkylation sites (tertiary alicyclic amines) is 1. The third-order valence-corrected chi connectivity index (χ3v) is 6.08. The molecule has 2 aliphatic rings. The summed E-state index contributed by atoms with van der Waals surface area (Å²) < 4.78 is 16.9. The van der Waals surface area contributed by atoms with Gasteiger partial charge in [0.05, 0.1) is 25.9 Å². The molecular weight excluding hydrogens is 384 g/mol. The molecule has 0 aromatic heterocycles. The summed E-state index contributed by atoms with van der Waals surface area (Å²) in [4.78, 5) is 26.8. The fraction of sp³-hybridized carbons (Fsp3) is 0.652. The molecule has 2 amide bonds. The van der Waals surface area contributed by atoms with Crippen LogP contribution in [0.1, 0.15) is 56.3 Å². The van der Waals surface area contributed by atoms with Gasteiger partial charge in [0.2, 0.25) is 5.91 Å². The van der Waals surface area contributed by atoms with Gasteiger partial charge >= 0.3 is 0 Å². The molecule has 0 radical (unpaired) electrons. The number of amides is 2. The van der Waals surface area contributed by atoms with Gasteiger partial charge in [0.15, 0.2) is 11.5 Å². The molecular formula is C23H34N2O5. The van der Waals surface area contributed by atoms with E-state index in [1.54, 1.807) is 32.4 Å². The standard InChI is InChI=1S/C23H34N2O5/c1-16(2)13-21(26)25-11-9-23(10-12-25)8-7-18(30-23)15-24-22(27)17-5-6-19(28-3)20(14-17)29-4/h5-6,14,16,18H,7-13,15H2,1-4H3,(H,24,27)/t18-/m1/s1. The highest BCUT2D eigenvalue weighted by atomic mass is 16.5. The molecule has 2 fully saturated rings. The first-order valence-corrected chi connectivity index (χ1v) is 10.8. The summed E-state index contributed by atoms with van der Waals surface area (Å²) in [6.07, 6.45) is 4.27. The van der Waals surface area contributed by atoms with Crippen LogP contribution in [0, 0.1) is 5.92 Å². The van der Waals surface area contributed by atoms with Crippen LogP contribution in [-0.4, -0.2) is 62.3 Å². The molecule has 1 aromatic carbocycles. The van der Waals surface area contributed by atoms with E-state index in [1.807, 2.05) is 4.90 Å². The number of hydrogen-bond donors (Lipinski definition) is 1. The average Bonchev–Trinajstić information content (AvgIpc) is 3.13. The quantitative estimate of drug-likeness (QED) is 0.737. The van der Waals surface area contributed by atoms with Gasteiger partial charge in [0.1, 0.15) is 0 Å². The molecule has 2 aliphatic heterocycles. The molecule has 166 valence electrons. The number of hydrogen-bond acceptors (Lipinski definition) is 5. The zero-order valence-corrected chi connectivity index (χ0v) is 18.5. The van der Waals surface area contributed by atoms with Crippen molar-refractivity contribution in [1.82, 2.24) is 10.2 Å². The minimum Gasteiger partial charge on any atom is -0.493 e. The van der Waals surface area contributed by atoms with Crippen molar-refractivity contribution in [3.63, 3.8) is 0 Å². The van der Waals surface area contributed by atoms with Crippen LogP contribution in [0.15, 0.2) is 18.2 Å². The van der Waals surface area contributed by atoms with Crippen molar-refractivity contribution in [3.8, 4) is 11.5 Å². The maximum atomic E-state index is 12.5. The summed E-state index contributed by atoms with van der Waals surface area (Å²) in [7, 11) is 3.11.